The van der Waals surface area contributed by atoms with E-state index in [2.05, 4.69) is 20.1 Å². The fourth-order valence-corrected chi connectivity index (χ4v) is 1.83. The number of benzene rings is 1. The van der Waals surface area contributed by atoms with Gasteiger partial charge in [-0.1, -0.05) is 0 Å². The van der Waals surface area contributed by atoms with Gasteiger partial charge in [0.05, 0.1) is 5.56 Å². The molecule has 0 bridgehead atoms. The van der Waals surface area contributed by atoms with Crippen molar-refractivity contribution in [1.82, 2.24) is 15.5 Å². The fourth-order valence-electron chi connectivity index (χ4n) is 1.83. The molecule has 1 aromatic carbocycles. The first-order valence-corrected chi connectivity index (χ1v) is 8.05. The number of carbonyl (C=O) groups is 2. The van der Waals surface area contributed by atoms with Gasteiger partial charge in [-0.2, -0.15) is 26.3 Å². The van der Waals surface area contributed by atoms with Gasteiger partial charge >= 0.3 is 18.4 Å². The normalized spacial score (nSPS) is 11.6. The van der Waals surface area contributed by atoms with E-state index in [4.69, 9.17) is 0 Å². The first kappa shape index (κ1) is 24.2. The Morgan fingerprint density at radius 1 is 0.931 bits per heavy atom. The summed E-state index contributed by atoms with van der Waals surface area (Å²) in [4.78, 5) is 24.8. The number of nitrogens with zero attached hydrogens (tertiary/aromatic N) is 1. The smallest absolute Gasteiger partial charge is 0.422 e. The van der Waals surface area contributed by atoms with E-state index in [9.17, 15) is 35.9 Å². The minimum absolute atomic E-state index is 0.00571. The van der Waals surface area contributed by atoms with Crippen LogP contribution in [-0.2, 0) is 0 Å². The molecule has 13 heteroatoms. The van der Waals surface area contributed by atoms with Gasteiger partial charge in [-0.3, -0.25) is 4.79 Å². The van der Waals surface area contributed by atoms with Crippen LogP contribution in [0.1, 0.15) is 10.4 Å². The van der Waals surface area contributed by atoms with E-state index >= 15 is 0 Å². The molecule has 0 atom stereocenters. The molecule has 164 valence electrons. The van der Waals surface area contributed by atoms with Crippen LogP contribution in [0, 0.1) is 0 Å². The molecule has 0 unspecified atom stereocenters. The number of nitrogens with one attached hydrogen (secondary N) is 2. The third kappa shape index (κ3) is 9.76. The summed E-state index contributed by atoms with van der Waals surface area (Å²) in [5.74, 6) is -1.79. The second-order valence-corrected chi connectivity index (χ2v) is 5.85. The summed E-state index contributed by atoms with van der Waals surface area (Å²) in [6.07, 6.45) is -9.33. The van der Waals surface area contributed by atoms with Crippen molar-refractivity contribution in [2.24, 2.45) is 0 Å². The highest BCUT2D eigenvalue weighted by atomic mass is 19.4. The molecule has 2 N–H and O–H groups in total. The SMILES string of the molecule is CN(C)C(=O)NCCNC(=O)c1cc(OCC(F)(F)F)ccc1OCC(F)(F)F. The molecule has 0 saturated carbocycles. The Labute approximate surface area is 161 Å². The highest BCUT2D eigenvalue weighted by Crippen LogP contribution is 2.27. The molecule has 7 nitrogen and oxygen atoms in total. The first-order valence-electron chi connectivity index (χ1n) is 8.05. The molecule has 29 heavy (non-hydrogen) atoms. The minimum atomic E-state index is -4.68. The predicted octanol–water partition coefficient (Wildman–Crippen LogP) is 2.57. The molecule has 0 aliphatic rings. The highest BCUT2D eigenvalue weighted by Gasteiger charge is 2.30. The lowest BCUT2D eigenvalue weighted by molar-refractivity contribution is -0.154. The second kappa shape index (κ2) is 10.1. The van der Waals surface area contributed by atoms with Crippen LogP contribution in [0.15, 0.2) is 18.2 Å². The number of urea groups is 1. The van der Waals surface area contributed by atoms with Gasteiger partial charge in [0.2, 0.25) is 0 Å². The molecule has 1 aromatic rings. The van der Waals surface area contributed by atoms with Crippen molar-refractivity contribution in [2.75, 3.05) is 40.4 Å². The van der Waals surface area contributed by atoms with Crippen LogP contribution in [0.4, 0.5) is 31.1 Å². The predicted molar refractivity (Wildman–Crippen MR) is 89.0 cm³/mol. The van der Waals surface area contributed by atoms with Crippen molar-refractivity contribution >= 4 is 11.9 Å². The number of rotatable bonds is 8. The average molecular weight is 431 g/mol. The zero-order valence-corrected chi connectivity index (χ0v) is 15.4. The summed E-state index contributed by atoms with van der Waals surface area (Å²) in [5, 5.41) is 4.76. The molecule has 0 radical (unpaired) electrons. The van der Waals surface area contributed by atoms with Crippen LogP contribution in [-0.4, -0.2) is 69.6 Å². The molecule has 0 aromatic heterocycles. The van der Waals surface area contributed by atoms with Crippen molar-refractivity contribution in [1.29, 1.82) is 0 Å². The summed E-state index contributed by atoms with van der Waals surface area (Å²) < 4.78 is 83.0. The lowest BCUT2D eigenvalue weighted by Gasteiger charge is -2.16. The maximum atomic E-state index is 12.4. The maximum Gasteiger partial charge on any atom is 0.422 e. The van der Waals surface area contributed by atoms with Crippen LogP contribution in [0.3, 0.4) is 0 Å². The molecular formula is C16H19F6N3O4. The Balaban J connectivity index is 2.86. The van der Waals surface area contributed by atoms with Crippen LogP contribution in [0.25, 0.3) is 0 Å². The Hall–Kier alpha value is -2.86. The van der Waals surface area contributed by atoms with Crippen LogP contribution < -0.4 is 20.1 Å². The van der Waals surface area contributed by atoms with Crippen molar-refractivity contribution < 1.29 is 45.4 Å². The number of halogens is 6. The molecule has 3 amide bonds. The number of carbonyl (C=O) groups excluding carboxylic acids is 2. The fraction of sp³-hybridized carbons (Fsp3) is 0.500. The van der Waals surface area contributed by atoms with Gasteiger partial charge in [0, 0.05) is 27.2 Å². The lowest BCUT2D eigenvalue weighted by atomic mass is 10.1. The third-order valence-corrected chi connectivity index (χ3v) is 3.08. The van der Waals surface area contributed by atoms with Crippen molar-refractivity contribution in [3.8, 4) is 11.5 Å². The van der Waals surface area contributed by atoms with E-state index in [1.807, 2.05) is 0 Å². The number of alkyl halides is 6. The Morgan fingerprint density at radius 2 is 1.48 bits per heavy atom. The van der Waals surface area contributed by atoms with E-state index in [-0.39, 0.29) is 18.8 Å². The van der Waals surface area contributed by atoms with Gasteiger partial charge < -0.3 is 25.0 Å². The number of ether oxygens (including phenoxy) is 2. The van der Waals surface area contributed by atoms with Gasteiger partial charge in [-0.15, -0.1) is 0 Å². The van der Waals surface area contributed by atoms with E-state index in [1.165, 1.54) is 19.0 Å². The zero-order valence-electron chi connectivity index (χ0n) is 15.4. The van der Waals surface area contributed by atoms with E-state index in [0.29, 0.717) is 0 Å². The van der Waals surface area contributed by atoms with Gasteiger partial charge in [0.25, 0.3) is 5.91 Å². The first-order chi connectivity index (χ1) is 13.3. The van der Waals surface area contributed by atoms with Crippen molar-refractivity contribution in [2.45, 2.75) is 12.4 Å². The number of hydrogen-bond acceptors (Lipinski definition) is 4. The summed E-state index contributed by atoms with van der Waals surface area (Å²) in [6.45, 7) is -3.43. The quantitative estimate of drug-likeness (QED) is 0.490. The summed E-state index contributed by atoms with van der Waals surface area (Å²) in [6, 6.07) is 2.26. The molecule has 0 aliphatic heterocycles. The summed E-state index contributed by atoms with van der Waals surface area (Å²) >= 11 is 0. The maximum absolute atomic E-state index is 12.4. The van der Waals surface area contributed by atoms with Crippen LogP contribution >= 0.6 is 0 Å². The average Bonchev–Trinajstić information content (AvgIpc) is 2.60. The molecule has 1 rings (SSSR count). The standard InChI is InChI=1S/C16H19F6N3O4/c1-25(2)14(27)24-6-5-23-13(26)11-7-10(28-8-15(17,18)19)3-4-12(11)29-9-16(20,21)22/h3-4,7H,5-6,8-9H2,1-2H3,(H,23,26)(H,24,27). The summed E-state index contributed by atoms with van der Waals surface area (Å²) in [5.41, 5.74) is -0.451. The monoisotopic (exact) mass is 431 g/mol. The topological polar surface area (TPSA) is 79.9 Å². The molecule has 0 saturated heterocycles. The minimum Gasteiger partial charge on any atom is -0.484 e. The van der Waals surface area contributed by atoms with E-state index in [0.717, 1.165) is 18.2 Å². The van der Waals surface area contributed by atoms with Gasteiger partial charge in [0.1, 0.15) is 11.5 Å². The van der Waals surface area contributed by atoms with Crippen LogP contribution in [0.5, 0.6) is 11.5 Å². The lowest BCUT2D eigenvalue weighted by Crippen LogP contribution is -2.39. The Morgan fingerprint density at radius 3 is 2.03 bits per heavy atom. The molecule has 0 fully saturated rings. The molecule has 0 spiro atoms. The van der Waals surface area contributed by atoms with Crippen molar-refractivity contribution in [3.63, 3.8) is 0 Å². The molecule has 0 heterocycles. The summed E-state index contributed by atoms with van der Waals surface area (Å²) in [7, 11) is 2.98. The highest BCUT2D eigenvalue weighted by molar-refractivity contribution is 5.97. The van der Waals surface area contributed by atoms with Crippen molar-refractivity contribution in [3.05, 3.63) is 23.8 Å². The Bertz CT molecular complexity index is 707. The van der Waals surface area contributed by atoms with E-state index in [1.54, 1.807) is 0 Å². The second-order valence-electron chi connectivity index (χ2n) is 5.85. The third-order valence-electron chi connectivity index (χ3n) is 3.08. The van der Waals surface area contributed by atoms with Crippen LogP contribution in [0.2, 0.25) is 0 Å². The van der Waals surface area contributed by atoms with Gasteiger partial charge in [0.15, 0.2) is 13.2 Å². The van der Waals surface area contributed by atoms with Gasteiger partial charge in [-0.05, 0) is 18.2 Å². The molecular weight excluding hydrogens is 412 g/mol. The van der Waals surface area contributed by atoms with Gasteiger partial charge in [-0.25, -0.2) is 4.79 Å². The molecule has 0 aliphatic carbocycles. The largest absolute Gasteiger partial charge is 0.484 e. The van der Waals surface area contributed by atoms with E-state index < -0.39 is 48.8 Å². The zero-order chi connectivity index (χ0) is 22.2. The Kier molecular flexibility index (Phi) is 8.40. The number of hydrogen-bond donors (Lipinski definition) is 2. The number of amides is 3.